The van der Waals surface area contributed by atoms with Crippen LogP contribution in [0.4, 0.5) is 0 Å². The van der Waals surface area contributed by atoms with Gasteiger partial charge < -0.3 is 15.3 Å². The Morgan fingerprint density at radius 1 is 0.145 bits per heavy atom. The minimum Gasteiger partial charge on any atom is -0.396 e. The van der Waals surface area contributed by atoms with E-state index in [1.165, 1.54) is 276 Å². The van der Waals surface area contributed by atoms with E-state index in [0.29, 0.717) is 19.8 Å². The van der Waals surface area contributed by atoms with Gasteiger partial charge in [-0.3, -0.25) is 0 Å². The van der Waals surface area contributed by atoms with E-state index in [1.807, 2.05) is 0 Å². The fourth-order valence-corrected chi connectivity index (χ4v) is 7.63. The summed E-state index contributed by atoms with van der Waals surface area (Å²) in [5.74, 6) is 0. The quantitative estimate of drug-likeness (QED) is 0.0539. The molecule has 0 aliphatic carbocycles. The SMILES string of the molecule is CCCCCCCCCCCCCCCCCCCCCCCCCO.CCCCCCCCCCCCCCCCCO.CCCCCCCCCCO. The predicted octanol–water partition coefficient (Wildman–Crippen LogP) is 17.9. The van der Waals surface area contributed by atoms with Gasteiger partial charge in [-0.05, 0) is 19.3 Å². The molecule has 0 bridgehead atoms. The first-order valence-corrected chi connectivity index (χ1v) is 26.1. The van der Waals surface area contributed by atoms with Crippen LogP contribution >= 0.6 is 0 Å². The molecule has 3 N–H and O–H groups in total. The Morgan fingerprint density at radius 3 is 0.327 bits per heavy atom. The second-order valence-corrected chi connectivity index (χ2v) is 17.4. The monoisotopic (exact) mass is 783 g/mol. The lowest BCUT2D eigenvalue weighted by molar-refractivity contribution is 0.282. The van der Waals surface area contributed by atoms with Crippen molar-refractivity contribution in [2.45, 2.75) is 316 Å². The topological polar surface area (TPSA) is 60.7 Å². The number of rotatable bonds is 46. The molecular formula is C52H110O3. The maximum absolute atomic E-state index is 8.73. The normalized spacial score (nSPS) is 11.0. The van der Waals surface area contributed by atoms with Crippen molar-refractivity contribution in [2.24, 2.45) is 0 Å². The van der Waals surface area contributed by atoms with Crippen LogP contribution in [0.1, 0.15) is 316 Å². The first kappa shape index (κ1) is 59.2. The van der Waals surface area contributed by atoms with Crippen LogP contribution in [0, 0.1) is 0 Å². The minimum atomic E-state index is 0.370. The van der Waals surface area contributed by atoms with Gasteiger partial charge in [0.2, 0.25) is 0 Å². The zero-order valence-corrected chi connectivity index (χ0v) is 39.0. The Labute approximate surface area is 350 Å². The van der Waals surface area contributed by atoms with Gasteiger partial charge in [0.05, 0.1) is 0 Å². The Bertz CT molecular complexity index is 519. The van der Waals surface area contributed by atoms with Crippen LogP contribution in [-0.2, 0) is 0 Å². The van der Waals surface area contributed by atoms with Crippen molar-refractivity contribution in [3.63, 3.8) is 0 Å². The molecule has 0 saturated carbocycles. The summed E-state index contributed by atoms with van der Waals surface area (Å²) in [4.78, 5) is 0. The molecule has 0 spiro atoms. The van der Waals surface area contributed by atoms with E-state index in [9.17, 15) is 0 Å². The summed E-state index contributed by atoms with van der Waals surface area (Å²) >= 11 is 0. The average molecular weight is 783 g/mol. The number of unbranched alkanes of at least 4 members (excludes halogenated alkanes) is 43. The molecule has 55 heavy (non-hydrogen) atoms. The predicted molar refractivity (Wildman–Crippen MR) is 251 cm³/mol. The van der Waals surface area contributed by atoms with Crippen molar-refractivity contribution >= 4 is 0 Å². The number of aliphatic hydroxyl groups excluding tert-OH is 3. The second-order valence-electron chi connectivity index (χ2n) is 17.4. The van der Waals surface area contributed by atoms with Gasteiger partial charge in [-0.15, -0.1) is 0 Å². The summed E-state index contributed by atoms with van der Waals surface area (Å²) in [7, 11) is 0. The van der Waals surface area contributed by atoms with Gasteiger partial charge in [0.1, 0.15) is 0 Å². The Morgan fingerprint density at radius 2 is 0.236 bits per heavy atom. The summed E-state index contributed by atoms with van der Waals surface area (Å²) in [6, 6.07) is 0. The van der Waals surface area contributed by atoms with E-state index >= 15 is 0 Å². The highest BCUT2D eigenvalue weighted by Gasteiger charge is 1.97. The maximum Gasteiger partial charge on any atom is 0.0431 e. The largest absolute Gasteiger partial charge is 0.396 e. The first-order valence-electron chi connectivity index (χ1n) is 26.1. The summed E-state index contributed by atoms with van der Waals surface area (Å²) in [5, 5.41) is 25.9. The molecule has 0 atom stereocenters. The van der Waals surface area contributed by atoms with E-state index in [4.69, 9.17) is 15.3 Å². The van der Waals surface area contributed by atoms with Crippen molar-refractivity contribution < 1.29 is 15.3 Å². The van der Waals surface area contributed by atoms with Crippen LogP contribution in [0.15, 0.2) is 0 Å². The van der Waals surface area contributed by atoms with Gasteiger partial charge in [0.25, 0.3) is 0 Å². The molecule has 0 aromatic carbocycles. The number of aliphatic hydroxyl groups is 3. The van der Waals surface area contributed by atoms with Gasteiger partial charge in [-0.1, -0.05) is 297 Å². The fourth-order valence-electron chi connectivity index (χ4n) is 7.63. The lowest BCUT2D eigenvalue weighted by atomic mass is 10.0. The highest BCUT2D eigenvalue weighted by atomic mass is 16.3. The van der Waals surface area contributed by atoms with Crippen molar-refractivity contribution in [3.05, 3.63) is 0 Å². The van der Waals surface area contributed by atoms with Crippen molar-refractivity contribution in [1.29, 1.82) is 0 Å². The molecule has 3 heteroatoms. The standard InChI is InChI=1S/C25H52O.C17H36O.C10H22O/c1-2-3-4-5-6-7-8-9-10-11-12-13-14-15-16-17-18-19-20-21-22-23-24-25-26;1-2-3-4-5-6-7-8-9-10-11-12-13-14-15-16-17-18;1-2-3-4-5-6-7-8-9-10-11/h26H,2-25H2,1H3;18H,2-17H2,1H3;11H,2-10H2,1H3. The molecule has 0 amide bonds. The summed E-state index contributed by atoms with van der Waals surface area (Å²) in [6.07, 6.45) is 63.7. The molecule has 0 rings (SSSR count). The molecule has 0 aliphatic rings. The third-order valence-corrected chi connectivity index (χ3v) is 11.5. The summed E-state index contributed by atoms with van der Waals surface area (Å²) < 4.78 is 0. The van der Waals surface area contributed by atoms with Crippen molar-refractivity contribution in [2.75, 3.05) is 19.8 Å². The van der Waals surface area contributed by atoms with Crippen LogP contribution in [0.25, 0.3) is 0 Å². The van der Waals surface area contributed by atoms with Crippen LogP contribution in [0.3, 0.4) is 0 Å². The molecule has 0 unspecified atom stereocenters. The second kappa shape index (κ2) is 63.1. The zero-order chi connectivity index (χ0) is 40.6. The molecule has 0 aromatic rings. The smallest absolute Gasteiger partial charge is 0.0431 e. The lowest BCUT2D eigenvalue weighted by Gasteiger charge is -2.04. The lowest BCUT2D eigenvalue weighted by Crippen LogP contribution is -1.85. The average Bonchev–Trinajstić information content (AvgIpc) is 3.20. The summed E-state index contributed by atoms with van der Waals surface area (Å²) in [5.41, 5.74) is 0. The van der Waals surface area contributed by atoms with Crippen LogP contribution in [0.2, 0.25) is 0 Å². The fraction of sp³-hybridized carbons (Fsp3) is 1.00. The molecule has 0 aliphatic heterocycles. The number of hydrogen-bond donors (Lipinski definition) is 3. The van der Waals surface area contributed by atoms with Gasteiger partial charge in [0.15, 0.2) is 0 Å². The molecule has 0 radical (unpaired) electrons. The Kier molecular flexibility index (Phi) is 67.9. The van der Waals surface area contributed by atoms with Crippen LogP contribution < -0.4 is 0 Å². The molecule has 336 valence electrons. The first-order chi connectivity index (χ1) is 27.2. The van der Waals surface area contributed by atoms with E-state index < -0.39 is 0 Å². The number of hydrogen-bond acceptors (Lipinski definition) is 3. The molecule has 0 fully saturated rings. The minimum absolute atomic E-state index is 0.370. The zero-order valence-electron chi connectivity index (χ0n) is 39.0. The van der Waals surface area contributed by atoms with Gasteiger partial charge in [-0.25, -0.2) is 0 Å². The van der Waals surface area contributed by atoms with Crippen LogP contribution in [-0.4, -0.2) is 35.1 Å². The summed E-state index contributed by atoms with van der Waals surface area (Å²) in [6.45, 7) is 7.94. The molecule has 0 saturated heterocycles. The highest BCUT2D eigenvalue weighted by molar-refractivity contribution is 4.52. The highest BCUT2D eigenvalue weighted by Crippen LogP contribution is 2.16. The Balaban J connectivity index is -0.000000805. The van der Waals surface area contributed by atoms with E-state index in [2.05, 4.69) is 20.8 Å². The van der Waals surface area contributed by atoms with Crippen LogP contribution in [0.5, 0.6) is 0 Å². The molecular weight excluding hydrogens is 673 g/mol. The van der Waals surface area contributed by atoms with Gasteiger partial charge >= 0.3 is 0 Å². The van der Waals surface area contributed by atoms with Gasteiger partial charge in [0, 0.05) is 19.8 Å². The molecule has 0 aromatic heterocycles. The van der Waals surface area contributed by atoms with E-state index in [-0.39, 0.29) is 0 Å². The van der Waals surface area contributed by atoms with E-state index in [1.54, 1.807) is 0 Å². The third kappa shape index (κ3) is 68.9. The van der Waals surface area contributed by atoms with E-state index in [0.717, 1.165) is 19.3 Å². The van der Waals surface area contributed by atoms with Crippen molar-refractivity contribution in [3.8, 4) is 0 Å². The Hall–Kier alpha value is -0.120. The third-order valence-electron chi connectivity index (χ3n) is 11.5. The van der Waals surface area contributed by atoms with Crippen molar-refractivity contribution in [1.82, 2.24) is 0 Å². The molecule has 3 nitrogen and oxygen atoms in total. The molecule has 0 heterocycles. The maximum atomic E-state index is 8.73. The van der Waals surface area contributed by atoms with Gasteiger partial charge in [-0.2, -0.15) is 0 Å².